The van der Waals surface area contributed by atoms with Crippen molar-refractivity contribution < 1.29 is 18.9 Å². The fraction of sp³-hybridized carbons (Fsp3) is 0.706. The van der Waals surface area contributed by atoms with Gasteiger partial charge in [-0.2, -0.15) is 4.98 Å². The molecule has 0 radical (unpaired) electrons. The molecular formula is C17H23ClN4O4. The molecule has 2 aromatic heterocycles. The minimum atomic E-state index is -0.155. The van der Waals surface area contributed by atoms with E-state index in [0.29, 0.717) is 42.1 Å². The van der Waals surface area contributed by atoms with Crippen molar-refractivity contribution in [3.05, 3.63) is 11.5 Å². The van der Waals surface area contributed by atoms with Crippen LogP contribution >= 0.6 is 11.6 Å². The van der Waals surface area contributed by atoms with Gasteiger partial charge in [-0.05, 0) is 38.5 Å². The second-order valence-electron chi connectivity index (χ2n) is 6.44. The maximum Gasteiger partial charge on any atom is 0.300 e. The number of ether oxygens (including phenoxy) is 4. The lowest BCUT2D eigenvalue weighted by Gasteiger charge is -2.25. The van der Waals surface area contributed by atoms with Gasteiger partial charge in [-0.25, -0.2) is 9.97 Å². The molecule has 142 valence electrons. The number of aromatic nitrogens is 4. The van der Waals surface area contributed by atoms with Crippen molar-refractivity contribution in [2.24, 2.45) is 0 Å². The smallest absolute Gasteiger partial charge is 0.300 e. The highest BCUT2D eigenvalue weighted by atomic mass is 35.5. The first-order valence-corrected chi connectivity index (χ1v) is 9.57. The molecule has 8 nitrogen and oxygen atoms in total. The van der Waals surface area contributed by atoms with Crippen molar-refractivity contribution in [2.45, 2.75) is 51.0 Å². The van der Waals surface area contributed by atoms with Gasteiger partial charge in [0.2, 0.25) is 0 Å². The zero-order valence-corrected chi connectivity index (χ0v) is 15.4. The number of fused-ring (bicyclic) bond motifs is 1. The summed E-state index contributed by atoms with van der Waals surface area (Å²) in [5.41, 5.74) is 1.15. The zero-order chi connectivity index (χ0) is 17.8. The molecule has 26 heavy (non-hydrogen) atoms. The van der Waals surface area contributed by atoms with Crippen LogP contribution in [-0.4, -0.2) is 52.2 Å². The molecule has 4 heterocycles. The van der Waals surface area contributed by atoms with Crippen molar-refractivity contribution >= 4 is 22.8 Å². The summed E-state index contributed by atoms with van der Waals surface area (Å²) < 4.78 is 24.9. The SMILES string of the molecule is Clc1ncnc2c1nc(OCCOC1CCCCO1)n2C1CCCCO1. The van der Waals surface area contributed by atoms with Gasteiger partial charge in [0.25, 0.3) is 0 Å². The quantitative estimate of drug-likeness (QED) is 0.560. The van der Waals surface area contributed by atoms with Crippen LogP contribution in [0.2, 0.25) is 5.15 Å². The topological polar surface area (TPSA) is 80.5 Å². The second-order valence-corrected chi connectivity index (χ2v) is 6.80. The van der Waals surface area contributed by atoms with E-state index >= 15 is 0 Å². The van der Waals surface area contributed by atoms with Crippen LogP contribution < -0.4 is 4.74 Å². The highest BCUT2D eigenvalue weighted by Gasteiger charge is 2.25. The largest absolute Gasteiger partial charge is 0.462 e. The van der Waals surface area contributed by atoms with E-state index in [2.05, 4.69) is 15.0 Å². The summed E-state index contributed by atoms with van der Waals surface area (Å²) in [6.45, 7) is 2.27. The first-order valence-electron chi connectivity index (χ1n) is 9.19. The fourth-order valence-electron chi connectivity index (χ4n) is 3.31. The lowest BCUT2D eigenvalue weighted by Crippen LogP contribution is -2.25. The van der Waals surface area contributed by atoms with Gasteiger partial charge in [0.15, 0.2) is 17.1 Å². The van der Waals surface area contributed by atoms with Crippen molar-refractivity contribution in [1.82, 2.24) is 19.5 Å². The highest BCUT2D eigenvalue weighted by Crippen LogP contribution is 2.32. The van der Waals surface area contributed by atoms with Crippen LogP contribution in [0.5, 0.6) is 6.01 Å². The molecule has 0 spiro atoms. The van der Waals surface area contributed by atoms with Crippen LogP contribution in [0.25, 0.3) is 11.2 Å². The summed E-state index contributed by atoms with van der Waals surface area (Å²) in [6.07, 6.45) is 7.34. The normalized spacial score (nSPS) is 24.0. The molecule has 2 atom stereocenters. The molecule has 0 aromatic carbocycles. The van der Waals surface area contributed by atoms with Crippen LogP contribution in [0.4, 0.5) is 0 Å². The minimum Gasteiger partial charge on any atom is -0.462 e. The number of hydrogen-bond donors (Lipinski definition) is 0. The van der Waals surface area contributed by atoms with Crippen molar-refractivity contribution in [1.29, 1.82) is 0 Å². The molecule has 0 amide bonds. The highest BCUT2D eigenvalue weighted by molar-refractivity contribution is 6.33. The molecule has 2 aromatic rings. The van der Waals surface area contributed by atoms with E-state index in [9.17, 15) is 0 Å². The Kier molecular flexibility index (Phi) is 5.84. The van der Waals surface area contributed by atoms with E-state index in [4.69, 9.17) is 30.5 Å². The van der Waals surface area contributed by atoms with Crippen LogP contribution in [-0.2, 0) is 14.2 Å². The van der Waals surface area contributed by atoms with Crippen LogP contribution in [0.15, 0.2) is 6.33 Å². The Morgan fingerprint density at radius 2 is 1.92 bits per heavy atom. The van der Waals surface area contributed by atoms with Crippen LogP contribution in [0, 0.1) is 0 Å². The van der Waals surface area contributed by atoms with E-state index in [1.165, 1.54) is 6.33 Å². The van der Waals surface area contributed by atoms with E-state index < -0.39 is 0 Å². The van der Waals surface area contributed by atoms with E-state index in [0.717, 1.165) is 45.1 Å². The first kappa shape index (κ1) is 17.9. The Hall–Kier alpha value is -1.48. The molecule has 2 saturated heterocycles. The van der Waals surface area contributed by atoms with Gasteiger partial charge < -0.3 is 18.9 Å². The number of hydrogen-bond acceptors (Lipinski definition) is 7. The van der Waals surface area contributed by atoms with Gasteiger partial charge in [0, 0.05) is 13.2 Å². The second kappa shape index (κ2) is 8.47. The fourth-order valence-corrected chi connectivity index (χ4v) is 3.48. The van der Waals surface area contributed by atoms with Crippen molar-refractivity contribution in [2.75, 3.05) is 26.4 Å². The molecule has 0 aliphatic carbocycles. The van der Waals surface area contributed by atoms with Crippen molar-refractivity contribution in [3.8, 4) is 6.01 Å². The van der Waals surface area contributed by atoms with Crippen molar-refractivity contribution in [3.63, 3.8) is 0 Å². The zero-order valence-electron chi connectivity index (χ0n) is 14.6. The summed E-state index contributed by atoms with van der Waals surface area (Å²) in [4.78, 5) is 12.8. The number of imidazole rings is 1. The Morgan fingerprint density at radius 1 is 1.08 bits per heavy atom. The summed E-state index contributed by atoms with van der Waals surface area (Å²) >= 11 is 6.18. The molecular weight excluding hydrogens is 360 g/mol. The van der Waals surface area contributed by atoms with Gasteiger partial charge >= 0.3 is 6.01 Å². The van der Waals surface area contributed by atoms with Crippen LogP contribution in [0.1, 0.15) is 44.8 Å². The molecule has 2 unspecified atom stereocenters. The Bertz CT molecular complexity index is 729. The summed E-state index contributed by atoms with van der Waals surface area (Å²) in [5.74, 6) is 0. The maximum atomic E-state index is 6.18. The van der Waals surface area contributed by atoms with Crippen LogP contribution in [0.3, 0.4) is 0 Å². The Labute approximate surface area is 156 Å². The third kappa shape index (κ3) is 3.93. The molecule has 0 N–H and O–H groups in total. The average Bonchev–Trinajstić information content (AvgIpc) is 3.06. The molecule has 2 aliphatic rings. The molecule has 2 aliphatic heterocycles. The number of halogens is 1. The predicted molar refractivity (Wildman–Crippen MR) is 94.2 cm³/mol. The third-order valence-electron chi connectivity index (χ3n) is 4.60. The average molecular weight is 383 g/mol. The molecule has 9 heteroatoms. The van der Waals surface area contributed by atoms with Gasteiger partial charge in [-0.3, -0.25) is 4.57 Å². The van der Waals surface area contributed by atoms with E-state index in [1.54, 1.807) is 0 Å². The summed E-state index contributed by atoms with van der Waals surface area (Å²) in [7, 11) is 0. The van der Waals surface area contributed by atoms with Gasteiger partial charge in [0.1, 0.15) is 24.7 Å². The standard InChI is InChI=1S/C17H23ClN4O4/c18-15-14-16(20-11-19-15)22(12-5-1-3-7-23-12)17(21-14)26-10-9-25-13-6-2-4-8-24-13/h11-13H,1-10H2. The molecule has 0 saturated carbocycles. The lowest BCUT2D eigenvalue weighted by atomic mass is 10.2. The van der Waals surface area contributed by atoms with E-state index in [-0.39, 0.29) is 12.5 Å². The molecule has 4 rings (SSSR count). The van der Waals surface area contributed by atoms with Gasteiger partial charge in [-0.1, -0.05) is 11.6 Å². The van der Waals surface area contributed by atoms with E-state index in [1.807, 2.05) is 4.57 Å². The van der Waals surface area contributed by atoms with Gasteiger partial charge in [0.05, 0.1) is 6.61 Å². The maximum absolute atomic E-state index is 6.18. The Balaban J connectivity index is 1.47. The number of rotatable bonds is 6. The molecule has 2 fully saturated rings. The first-order chi connectivity index (χ1) is 12.8. The minimum absolute atomic E-state index is 0.131. The predicted octanol–water partition coefficient (Wildman–Crippen LogP) is 3.10. The lowest BCUT2D eigenvalue weighted by molar-refractivity contribution is -0.165. The monoisotopic (exact) mass is 382 g/mol. The number of nitrogens with zero attached hydrogens (tertiary/aromatic N) is 4. The summed E-state index contributed by atoms with van der Waals surface area (Å²) in [6, 6.07) is 0.433. The third-order valence-corrected chi connectivity index (χ3v) is 4.88. The summed E-state index contributed by atoms with van der Waals surface area (Å²) in [5, 5.41) is 0.307. The van der Waals surface area contributed by atoms with Gasteiger partial charge in [-0.15, -0.1) is 0 Å². The Morgan fingerprint density at radius 3 is 2.69 bits per heavy atom. The molecule has 0 bridgehead atoms.